The van der Waals surface area contributed by atoms with Crippen LogP contribution >= 0.6 is 0 Å². The Kier molecular flexibility index (Phi) is 17.0. The molecule has 4 nitrogen and oxygen atoms in total. The summed E-state index contributed by atoms with van der Waals surface area (Å²) in [6, 6.07) is 0. The van der Waals surface area contributed by atoms with Gasteiger partial charge in [0.25, 0.3) is 0 Å². The van der Waals surface area contributed by atoms with Gasteiger partial charge in [-0.1, -0.05) is 59.3 Å². The van der Waals surface area contributed by atoms with Crippen molar-refractivity contribution >= 4 is 49.7 Å². The monoisotopic (exact) mass is 370 g/mol. The molecule has 5 heteroatoms. The van der Waals surface area contributed by atoms with Crippen molar-refractivity contribution in [2.45, 2.75) is 104 Å². The molecule has 0 saturated carbocycles. The molecule has 0 fully saturated rings. The van der Waals surface area contributed by atoms with Crippen molar-refractivity contribution in [2.75, 3.05) is 0 Å². The predicted molar refractivity (Wildman–Crippen MR) is 102 cm³/mol. The van der Waals surface area contributed by atoms with Crippen molar-refractivity contribution in [3.8, 4) is 0 Å². The molecule has 0 aromatic rings. The zero-order chi connectivity index (χ0) is 17.7. The number of carbonyl (C=O) groups is 2. The molecular formula is C19H38CaO4. The Hall–Kier alpha value is 0.200. The van der Waals surface area contributed by atoms with Gasteiger partial charge < -0.3 is 9.84 Å². The Morgan fingerprint density at radius 2 is 1.58 bits per heavy atom. The second-order valence-electron chi connectivity index (χ2n) is 6.77. The van der Waals surface area contributed by atoms with Crippen molar-refractivity contribution in [3.05, 3.63) is 0 Å². The number of carboxylic acid groups (broad SMARTS) is 1. The molecule has 0 amide bonds. The van der Waals surface area contributed by atoms with Crippen LogP contribution in [-0.2, 0) is 14.3 Å². The van der Waals surface area contributed by atoms with E-state index in [1.54, 1.807) is 0 Å². The van der Waals surface area contributed by atoms with Crippen molar-refractivity contribution in [1.29, 1.82) is 0 Å². The van der Waals surface area contributed by atoms with Crippen LogP contribution in [0.5, 0.6) is 0 Å². The van der Waals surface area contributed by atoms with Gasteiger partial charge in [-0.3, -0.25) is 9.59 Å². The summed E-state index contributed by atoms with van der Waals surface area (Å²) in [5.41, 5.74) is -0.539. The molecule has 0 rings (SSSR count). The van der Waals surface area contributed by atoms with Crippen molar-refractivity contribution in [2.24, 2.45) is 5.92 Å². The van der Waals surface area contributed by atoms with E-state index < -0.39 is 24.0 Å². The van der Waals surface area contributed by atoms with Gasteiger partial charge in [0.2, 0.25) is 0 Å². The number of esters is 1. The number of carbonyl (C=O) groups excluding carboxylic acids is 1. The van der Waals surface area contributed by atoms with Crippen LogP contribution < -0.4 is 0 Å². The van der Waals surface area contributed by atoms with E-state index in [2.05, 4.69) is 20.8 Å². The Balaban J connectivity index is 0. The maximum absolute atomic E-state index is 11.9. The third kappa shape index (κ3) is 11.7. The van der Waals surface area contributed by atoms with Crippen molar-refractivity contribution in [3.63, 3.8) is 0 Å². The van der Waals surface area contributed by atoms with Crippen LogP contribution in [0.15, 0.2) is 0 Å². The fraction of sp³-hybridized carbons (Fsp3) is 0.895. The van der Waals surface area contributed by atoms with Gasteiger partial charge in [-0.2, -0.15) is 0 Å². The number of hydrogen-bond donors (Lipinski definition) is 1. The van der Waals surface area contributed by atoms with Gasteiger partial charge in [0.15, 0.2) is 0 Å². The van der Waals surface area contributed by atoms with Crippen LogP contribution in [0.2, 0.25) is 0 Å². The Morgan fingerprint density at radius 3 is 2.08 bits per heavy atom. The van der Waals surface area contributed by atoms with E-state index in [0.717, 1.165) is 38.5 Å². The van der Waals surface area contributed by atoms with Crippen LogP contribution in [0.4, 0.5) is 0 Å². The van der Waals surface area contributed by atoms with E-state index >= 15 is 0 Å². The second-order valence-corrected chi connectivity index (χ2v) is 6.77. The third-order valence-corrected chi connectivity index (χ3v) is 4.68. The SMILES string of the molecule is CCCCCCC(C)(OC(=O)CC(=O)O)C(CC)CCCCC.[CaH2]. The summed E-state index contributed by atoms with van der Waals surface area (Å²) in [4.78, 5) is 22.6. The average molecular weight is 371 g/mol. The minimum atomic E-state index is -1.12. The molecule has 0 aromatic heterocycles. The molecule has 0 heterocycles. The maximum atomic E-state index is 11.9. The fourth-order valence-electron chi connectivity index (χ4n) is 3.24. The number of hydrogen-bond acceptors (Lipinski definition) is 3. The number of rotatable bonds is 14. The quantitative estimate of drug-likeness (QED) is 0.213. The molecule has 0 bridgehead atoms. The molecule has 0 aromatic carbocycles. The van der Waals surface area contributed by atoms with E-state index in [0.29, 0.717) is 5.92 Å². The molecule has 0 aliphatic carbocycles. The first-order valence-electron chi connectivity index (χ1n) is 9.33. The van der Waals surface area contributed by atoms with E-state index in [-0.39, 0.29) is 37.7 Å². The Labute approximate surface area is 178 Å². The molecule has 2 unspecified atom stereocenters. The topological polar surface area (TPSA) is 63.6 Å². The molecule has 1 N–H and O–H groups in total. The van der Waals surface area contributed by atoms with Gasteiger partial charge in [-0.15, -0.1) is 0 Å². The molecule has 24 heavy (non-hydrogen) atoms. The summed E-state index contributed by atoms with van der Waals surface area (Å²) in [5.74, 6) is -1.43. The van der Waals surface area contributed by atoms with E-state index in [4.69, 9.17) is 9.84 Å². The van der Waals surface area contributed by atoms with Crippen LogP contribution in [-0.4, -0.2) is 60.4 Å². The van der Waals surface area contributed by atoms with E-state index in [9.17, 15) is 9.59 Å². The first kappa shape index (κ1) is 26.4. The van der Waals surface area contributed by atoms with Crippen LogP contribution in [0.25, 0.3) is 0 Å². The molecule has 0 aliphatic heterocycles. The van der Waals surface area contributed by atoms with Gasteiger partial charge in [0.1, 0.15) is 12.0 Å². The van der Waals surface area contributed by atoms with Gasteiger partial charge in [0, 0.05) is 0 Å². The predicted octanol–water partition coefficient (Wildman–Crippen LogP) is 4.42. The normalized spacial score (nSPS) is 14.3. The molecule has 2 atom stereocenters. The first-order chi connectivity index (χ1) is 10.9. The van der Waals surface area contributed by atoms with E-state index in [1.807, 2.05) is 6.92 Å². The van der Waals surface area contributed by atoms with Gasteiger partial charge in [0.05, 0.1) is 0 Å². The summed E-state index contributed by atoms with van der Waals surface area (Å²) < 4.78 is 5.69. The molecule has 140 valence electrons. The van der Waals surface area contributed by atoms with Crippen molar-refractivity contribution < 1.29 is 19.4 Å². The average Bonchev–Trinajstić information content (AvgIpc) is 2.47. The molecule has 0 saturated heterocycles. The van der Waals surface area contributed by atoms with E-state index in [1.165, 1.54) is 25.7 Å². The van der Waals surface area contributed by atoms with Crippen LogP contribution in [0.3, 0.4) is 0 Å². The zero-order valence-corrected chi connectivity index (χ0v) is 15.5. The second kappa shape index (κ2) is 15.5. The fourth-order valence-corrected chi connectivity index (χ4v) is 3.24. The Morgan fingerprint density at radius 1 is 1.00 bits per heavy atom. The molecule has 0 spiro atoms. The van der Waals surface area contributed by atoms with Gasteiger partial charge in [-0.25, -0.2) is 0 Å². The Bertz CT molecular complexity index is 346. The van der Waals surface area contributed by atoms with Crippen molar-refractivity contribution in [1.82, 2.24) is 0 Å². The number of ether oxygens (including phenoxy) is 1. The summed E-state index contributed by atoms with van der Waals surface area (Å²) in [7, 11) is 0. The number of carboxylic acids is 1. The standard InChI is InChI=1S/C19H36O4.Ca.2H/c1-5-8-10-12-14-19(4,23-18(22)15-17(20)21)16(7-3)13-11-9-6-2;;;/h16H,5-15H2,1-4H3,(H,20,21);;;. The minimum absolute atomic E-state index is 0. The summed E-state index contributed by atoms with van der Waals surface area (Å²) >= 11 is 0. The zero-order valence-electron chi connectivity index (χ0n) is 15.5. The van der Waals surface area contributed by atoms with Crippen LogP contribution in [0.1, 0.15) is 98.3 Å². The summed E-state index contributed by atoms with van der Waals surface area (Å²) in [5, 5.41) is 8.80. The molecule has 0 radical (unpaired) electrons. The summed E-state index contributed by atoms with van der Waals surface area (Å²) in [6.45, 7) is 8.48. The number of aliphatic carboxylic acids is 1. The van der Waals surface area contributed by atoms with Gasteiger partial charge in [-0.05, 0) is 38.5 Å². The first-order valence-corrected chi connectivity index (χ1v) is 9.33. The molecule has 0 aliphatic rings. The third-order valence-electron chi connectivity index (χ3n) is 4.68. The van der Waals surface area contributed by atoms with Gasteiger partial charge >= 0.3 is 49.7 Å². The van der Waals surface area contributed by atoms with Crippen LogP contribution in [0, 0.1) is 5.92 Å². The number of unbranched alkanes of at least 4 members (excludes halogenated alkanes) is 5. The molecular weight excluding hydrogens is 332 g/mol. The summed E-state index contributed by atoms with van der Waals surface area (Å²) in [6.07, 6.45) is 10.3.